The van der Waals surface area contributed by atoms with Crippen molar-refractivity contribution in [3.05, 3.63) is 54.1 Å². The maximum Gasteiger partial charge on any atom is 0.337 e. The van der Waals surface area contributed by atoms with E-state index in [0.29, 0.717) is 5.56 Å². The Balaban J connectivity index is 2.41. The van der Waals surface area contributed by atoms with Crippen molar-refractivity contribution >= 4 is 5.97 Å². The van der Waals surface area contributed by atoms with Gasteiger partial charge in [-0.3, -0.25) is 0 Å². The number of hydrogen-bond donors (Lipinski definition) is 0. The molecule has 3 heteroatoms. The summed E-state index contributed by atoms with van der Waals surface area (Å²) in [6.45, 7) is 0. The second kappa shape index (κ2) is 5.36. The summed E-state index contributed by atoms with van der Waals surface area (Å²) in [7, 11) is 2.98. The van der Waals surface area contributed by atoms with Crippen LogP contribution in [-0.4, -0.2) is 20.2 Å². The van der Waals surface area contributed by atoms with Crippen LogP contribution >= 0.6 is 0 Å². The second-order valence-corrected chi connectivity index (χ2v) is 3.73. The first-order valence-corrected chi connectivity index (χ1v) is 5.48. The molecule has 0 spiro atoms. The lowest BCUT2D eigenvalue weighted by molar-refractivity contribution is 0.0601. The zero-order valence-corrected chi connectivity index (χ0v) is 10.3. The molecule has 2 aromatic carbocycles. The molecule has 0 aromatic heterocycles. The van der Waals surface area contributed by atoms with Crippen LogP contribution in [0.4, 0.5) is 0 Å². The van der Waals surface area contributed by atoms with Crippen LogP contribution < -0.4 is 4.74 Å². The maximum absolute atomic E-state index is 11.5. The molecule has 0 aliphatic rings. The van der Waals surface area contributed by atoms with E-state index in [1.807, 2.05) is 24.3 Å². The van der Waals surface area contributed by atoms with Crippen LogP contribution in [0.2, 0.25) is 0 Å². The van der Waals surface area contributed by atoms with Crippen LogP contribution in [-0.2, 0) is 4.74 Å². The predicted molar refractivity (Wildman–Crippen MR) is 68.6 cm³/mol. The van der Waals surface area contributed by atoms with Gasteiger partial charge in [-0.2, -0.15) is 0 Å². The summed E-state index contributed by atoms with van der Waals surface area (Å²) in [5.41, 5.74) is 2.39. The van der Waals surface area contributed by atoms with E-state index in [1.165, 1.54) is 7.11 Å². The Morgan fingerprint density at radius 1 is 1.11 bits per heavy atom. The lowest BCUT2D eigenvalue weighted by Crippen LogP contribution is -2.00. The van der Waals surface area contributed by atoms with Crippen LogP contribution in [0, 0.1) is 6.07 Å². The van der Waals surface area contributed by atoms with Crippen molar-refractivity contribution < 1.29 is 14.3 Å². The molecule has 0 unspecified atom stereocenters. The molecule has 0 atom stereocenters. The Kier molecular flexibility index (Phi) is 3.63. The summed E-state index contributed by atoms with van der Waals surface area (Å²) in [6, 6.07) is 15.8. The van der Waals surface area contributed by atoms with Gasteiger partial charge in [-0.15, -0.1) is 0 Å². The highest BCUT2D eigenvalue weighted by molar-refractivity contribution is 5.91. The lowest BCUT2D eigenvalue weighted by Gasteiger charge is -2.06. The smallest absolute Gasteiger partial charge is 0.337 e. The Labute approximate surface area is 106 Å². The van der Waals surface area contributed by atoms with E-state index in [0.717, 1.165) is 16.9 Å². The third kappa shape index (κ3) is 2.51. The van der Waals surface area contributed by atoms with Gasteiger partial charge in [0.25, 0.3) is 0 Å². The fourth-order valence-corrected chi connectivity index (χ4v) is 1.68. The van der Waals surface area contributed by atoms with Crippen LogP contribution in [0.3, 0.4) is 0 Å². The zero-order chi connectivity index (χ0) is 13.0. The average molecular weight is 241 g/mol. The minimum absolute atomic E-state index is 0.344. The van der Waals surface area contributed by atoms with E-state index < -0.39 is 0 Å². The highest BCUT2D eigenvalue weighted by Gasteiger charge is 2.07. The Morgan fingerprint density at radius 3 is 2.67 bits per heavy atom. The van der Waals surface area contributed by atoms with E-state index >= 15 is 0 Å². The van der Waals surface area contributed by atoms with Gasteiger partial charge in [0.05, 0.1) is 19.8 Å². The third-order valence-corrected chi connectivity index (χ3v) is 2.61. The second-order valence-electron chi connectivity index (χ2n) is 3.73. The molecule has 0 bridgehead atoms. The Hall–Kier alpha value is -2.29. The van der Waals surface area contributed by atoms with E-state index in [1.54, 1.807) is 25.3 Å². The minimum Gasteiger partial charge on any atom is -0.497 e. The van der Waals surface area contributed by atoms with E-state index in [4.69, 9.17) is 9.47 Å². The van der Waals surface area contributed by atoms with Gasteiger partial charge in [-0.05, 0) is 47.5 Å². The van der Waals surface area contributed by atoms with Crippen molar-refractivity contribution in [2.75, 3.05) is 14.2 Å². The molecule has 18 heavy (non-hydrogen) atoms. The van der Waals surface area contributed by atoms with Gasteiger partial charge in [-0.25, -0.2) is 4.79 Å². The minimum atomic E-state index is -0.344. The fraction of sp³-hybridized carbons (Fsp3) is 0.133. The number of benzene rings is 2. The number of carbonyl (C=O) groups is 1. The Morgan fingerprint density at radius 2 is 1.94 bits per heavy atom. The third-order valence-electron chi connectivity index (χ3n) is 2.61. The summed E-state index contributed by atoms with van der Waals surface area (Å²) in [6.07, 6.45) is 0. The predicted octanol–water partition coefficient (Wildman–Crippen LogP) is 2.95. The van der Waals surface area contributed by atoms with Crippen molar-refractivity contribution in [2.24, 2.45) is 0 Å². The normalized spacial score (nSPS) is 9.89. The molecule has 0 heterocycles. The molecular weight excluding hydrogens is 228 g/mol. The summed E-state index contributed by atoms with van der Waals surface area (Å²) >= 11 is 0. The molecule has 1 radical (unpaired) electrons. The summed E-state index contributed by atoms with van der Waals surface area (Å²) < 4.78 is 9.85. The molecule has 2 aromatic rings. The first kappa shape index (κ1) is 12.2. The molecule has 3 nitrogen and oxygen atoms in total. The topological polar surface area (TPSA) is 35.5 Å². The van der Waals surface area contributed by atoms with Gasteiger partial charge < -0.3 is 9.47 Å². The number of ether oxygens (including phenoxy) is 2. The van der Waals surface area contributed by atoms with E-state index in [2.05, 4.69) is 6.07 Å². The van der Waals surface area contributed by atoms with Crippen LogP contribution in [0.5, 0.6) is 5.75 Å². The first-order valence-electron chi connectivity index (χ1n) is 5.48. The van der Waals surface area contributed by atoms with Gasteiger partial charge in [0.2, 0.25) is 0 Å². The van der Waals surface area contributed by atoms with Crippen molar-refractivity contribution in [1.82, 2.24) is 0 Å². The molecule has 0 aliphatic carbocycles. The molecular formula is C15H13O3. The highest BCUT2D eigenvalue weighted by Crippen LogP contribution is 2.24. The van der Waals surface area contributed by atoms with Gasteiger partial charge in [0, 0.05) is 0 Å². The summed E-state index contributed by atoms with van der Waals surface area (Å²) in [4.78, 5) is 11.5. The molecule has 0 saturated carbocycles. The number of rotatable bonds is 3. The van der Waals surface area contributed by atoms with Gasteiger partial charge >= 0.3 is 5.97 Å². The molecule has 2 rings (SSSR count). The van der Waals surface area contributed by atoms with Crippen molar-refractivity contribution in [3.63, 3.8) is 0 Å². The number of carbonyl (C=O) groups excluding carboxylic acids is 1. The van der Waals surface area contributed by atoms with E-state index in [-0.39, 0.29) is 5.97 Å². The SMILES string of the molecule is COC(=O)c1cccc(-c2c[c]cc(OC)c2)c1. The quantitative estimate of drug-likeness (QED) is 0.775. The lowest BCUT2D eigenvalue weighted by atomic mass is 10.0. The van der Waals surface area contributed by atoms with Crippen molar-refractivity contribution in [3.8, 4) is 16.9 Å². The summed E-state index contributed by atoms with van der Waals surface area (Å²) in [5, 5.41) is 0. The standard InChI is InChI=1S/C15H13O3/c1-17-14-8-4-6-12(10-14)11-5-3-7-13(9-11)15(16)18-2/h3,5-10H,1-2H3. The maximum atomic E-state index is 11.5. The average Bonchev–Trinajstić information content (AvgIpc) is 2.46. The largest absolute Gasteiger partial charge is 0.497 e. The first-order chi connectivity index (χ1) is 8.74. The number of methoxy groups -OCH3 is 2. The summed E-state index contributed by atoms with van der Waals surface area (Å²) in [5.74, 6) is 0.389. The van der Waals surface area contributed by atoms with Gasteiger partial charge in [0.1, 0.15) is 5.75 Å². The number of hydrogen-bond acceptors (Lipinski definition) is 3. The fourth-order valence-electron chi connectivity index (χ4n) is 1.68. The molecule has 0 fully saturated rings. The van der Waals surface area contributed by atoms with Crippen molar-refractivity contribution in [1.29, 1.82) is 0 Å². The monoisotopic (exact) mass is 241 g/mol. The molecule has 0 N–H and O–H groups in total. The molecule has 0 saturated heterocycles. The zero-order valence-electron chi connectivity index (χ0n) is 10.3. The molecule has 0 aliphatic heterocycles. The molecule has 91 valence electrons. The molecule has 0 amide bonds. The van der Waals surface area contributed by atoms with Crippen LogP contribution in [0.15, 0.2) is 42.5 Å². The van der Waals surface area contributed by atoms with Gasteiger partial charge in [-0.1, -0.05) is 12.1 Å². The van der Waals surface area contributed by atoms with Gasteiger partial charge in [0.15, 0.2) is 0 Å². The van der Waals surface area contributed by atoms with Crippen molar-refractivity contribution in [2.45, 2.75) is 0 Å². The van der Waals surface area contributed by atoms with Crippen LogP contribution in [0.25, 0.3) is 11.1 Å². The number of esters is 1. The van der Waals surface area contributed by atoms with E-state index in [9.17, 15) is 4.79 Å². The Bertz CT molecular complexity index is 561. The highest BCUT2D eigenvalue weighted by atomic mass is 16.5. The van der Waals surface area contributed by atoms with Crippen LogP contribution in [0.1, 0.15) is 10.4 Å².